The van der Waals surface area contributed by atoms with E-state index < -0.39 is 5.54 Å². The molecule has 0 heterocycles. The highest BCUT2D eigenvalue weighted by Crippen LogP contribution is 2.18. The minimum Gasteiger partial charge on any atom is -0.484 e. The minimum absolute atomic E-state index is 0.0308. The van der Waals surface area contributed by atoms with Gasteiger partial charge in [-0.05, 0) is 44.5 Å². The Hall–Kier alpha value is -2.08. The smallest absolute Gasteiger partial charge is 0.257 e. The number of amides is 2. The van der Waals surface area contributed by atoms with E-state index >= 15 is 0 Å². The lowest BCUT2D eigenvalue weighted by molar-refractivity contribution is -0.123. The number of anilines is 1. The van der Waals surface area contributed by atoms with E-state index in [1.165, 1.54) is 0 Å². The predicted molar refractivity (Wildman–Crippen MR) is 86.8 cm³/mol. The number of rotatable bonds is 8. The summed E-state index contributed by atoms with van der Waals surface area (Å²) in [7, 11) is 0. The zero-order valence-electron chi connectivity index (χ0n) is 13.4. The summed E-state index contributed by atoms with van der Waals surface area (Å²) in [5.74, 6) is 0.178. The second-order valence-electron chi connectivity index (χ2n) is 5.39. The quantitative estimate of drug-likeness (QED) is 0.681. The maximum Gasteiger partial charge on any atom is 0.257 e. The molecule has 6 nitrogen and oxygen atoms in total. The van der Waals surface area contributed by atoms with E-state index in [9.17, 15) is 9.59 Å². The largest absolute Gasteiger partial charge is 0.484 e. The molecule has 1 aromatic carbocycles. The molecule has 4 N–H and O–H groups in total. The van der Waals surface area contributed by atoms with Crippen LogP contribution in [0.1, 0.15) is 33.6 Å². The van der Waals surface area contributed by atoms with E-state index in [1.54, 1.807) is 31.2 Å². The van der Waals surface area contributed by atoms with Crippen LogP contribution >= 0.6 is 0 Å². The highest BCUT2D eigenvalue weighted by Gasteiger charge is 2.27. The molecular weight excluding hydrogens is 282 g/mol. The van der Waals surface area contributed by atoms with Crippen molar-refractivity contribution >= 4 is 17.5 Å². The van der Waals surface area contributed by atoms with Gasteiger partial charge in [0.05, 0.1) is 5.54 Å². The first kappa shape index (κ1) is 18.0. The van der Waals surface area contributed by atoms with Crippen molar-refractivity contribution in [3.05, 3.63) is 24.3 Å². The second-order valence-corrected chi connectivity index (χ2v) is 5.39. The van der Waals surface area contributed by atoms with Gasteiger partial charge in [-0.3, -0.25) is 9.59 Å². The second kappa shape index (κ2) is 8.38. The molecule has 0 aliphatic carbocycles. The molecule has 0 bridgehead atoms. The Morgan fingerprint density at radius 2 is 1.86 bits per heavy atom. The average Bonchev–Trinajstić information content (AvgIpc) is 2.46. The maximum atomic E-state index is 12.1. The van der Waals surface area contributed by atoms with Crippen LogP contribution in [0.15, 0.2) is 24.3 Å². The summed E-state index contributed by atoms with van der Waals surface area (Å²) in [6.07, 6.45) is 1.46. The molecule has 0 aliphatic heterocycles. The molecule has 0 aromatic heterocycles. The maximum absolute atomic E-state index is 12.1. The summed E-state index contributed by atoms with van der Waals surface area (Å²) >= 11 is 0. The lowest BCUT2D eigenvalue weighted by Crippen LogP contribution is -2.48. The fourth-order valence-corrected chi connectivity index (χ4v) is 1.94. The van der Waals surface area contributed by atoms with Gasteiger partial charge in [0.1, 0.15) is 5.75 Å². The standard InChI is InChI=1S/C16H25N3O3/c1-4-10-16(3,17)15(21)19-12-6-8-13(9-7-12)22-11-14(20)18-5-2/h6-9H,4-5,10-11,17H2,1-3H3,(H,18,20)(H,19,21). The van der Waals surface area contributed by atoms with Gasteiger partial charge >= 0.3 is 0 Å². The van der Waals surface area contributed by atoms with Gasteiger partial charge in [-0.1, -0.05) is 13.3 Å². The lowest BCUT2D eigenvalue weighted by Gasteiger charge is -2.22. The van der Waals surface area contributed by atoms with Crippen LogP contribution in [0.25, 0.3) is 0 Å². The van der Waals surface area contributed by atoms with Gasteiger partial charge in [0.15, 0.2) is 6.61 Å². The fourth-order valence-electron chi connectivity index (χ4n) is 1.94. The molecule has 0 aliphatic rings. The zero-order chi connectivity index (χ0) is 16.6. The van der Waals surface area contributed by atoms with Crippen molar-refractivity contribution in [3.63, 3.8) is 0 Å². The Kier molecular flexibility index (Phi) is 6.85. The van der Waals surface area contributed by atoms with Gasteiger partial charge in [0.25, 0.3) is 5.91 Å². The molecule has 22 heavy (non-hydrogen) atoms. The van der Waals surface area contributed by atoms with Gasteiger partial charge < -0.3 is 21.1 Å². The molecule has 0 saturated carbocycles. The molecule has 0 spiro atoms. The third kappa shape index (κ3) is 5.73. The molecule has 0 fully saturated rings. The number of hydrogen-bond acceptors (Lipinski definition) is 4. The first-order chi connectivity index (χ1) is 10.4. The topological polar surface area (TPSA) is 93.5 Å². The normalized spacial score (nSPS) is 13.1. The average molecular weight is 307 g/mol. The number of hydrogen-bond donors (Lipinski definition) is 3. The van der Waals surface area contributed by atoms with E-state index in [0.717, 1.165) is 6.42 Å². The SMILES string of the molecule is CCCC(C)(N)C(=O)Nc1ccc(OCC(=O)NCC)cc1. The van der Waals surface area contributed by atoms with Crippen molar-refractivity contribution in [2.45, 2.75) is 39.2 Å². The van der Waals surface area contributed by atoms with E-state index in [1.807, 2.05) is 13.8 Å². The molecule has 0 saturated heterocycles. The highest BCUT2D eigenvalue weighted by atomic mass is 16.5. The van der Waals surface area contributed by atoms with Gasteiger partial charge in [-0.25, -0.2) is 0 Å². The first-order valence-electron chi connectivity index (χ1n) is 7.49. The molecule has 1 rings (SSSR count). The van der Waals surface area contributed by atoms with Crippen LogP contribution in [-0.4, -0.2) is 30.5 Å². The van der Waals surface area contributed by atoms with Gasteiger partial charge in [0.2, 0.25) is 5.91 Å². The summed E-state index contributed by atoms with van der Waals surface area (Å²) in [6, 6.07) is 6.82. The summed E-state index contributed by atoms with van der Waals surface area (Å²) in [5, 5.41) is 5.43. The van der Waals surface area contributed by atoms with Crippen LogP contribution in [0.2, 0.25) is 0 Å². The number of nitrogens with two attached hydrogens (primary N) is 1. The first-order valence-corrected chi connectivity index (χ1v) is 7.49. The molecule has 1 unspecified atom stereocenters. The monoisotopic (exact) mass is 307 g/mol. The molecule has 1 atom stereocenters. The molecule has 2 amide bonds. The van der Waals surface area contributed by atoms with E-state index in [2.05, 4.69) is 10.6 Å². The summed E-state index contributed by atoms with van der Waals surface area (Å²) in [4.78, 5) is 23.4. The summed E-state index contributed by atoms with van der Waals surface area (Å²) in [5.41, 5.74) is 5.73. The van der Waals surface area contributed by atoms with Crippen LogP contribution in [0, 0.1) is 0 Å². The highest BCUT2D eigenvalue weighted by molar-refractivity contribution is 5.97. The van der Waals surface area contributed by atoms with Crippen molar-refractivity contribution in [1.29, 1.82) is 0 Å². The van der Waals surface area contributed by atoms with Crippen LogP contribution in [-0.2, 0) is 9.59 Å². The Morgan fingerprint density at radius 1 is 1.23 bits per heavy atom. The number of benzene rings is 1. The molecule has 1 aromatic rings. The Bertz CT molecular complexity index is 498. The van der Waals surface area contributed by atoms with E-state index in [-0.39, 0.29) is 18.4 Å². The number of nitrogens with one attached hydrogen (secondary N) is 2. The van der Waals surface area contributed by atoms with Crippen LogP contribution < -0.4 is 21.1 Å². The van der Waals surface area contributed by atoms with E-state index in [0.29, 0.717) is 24.4 Å². The Morgan fingerprint density at radius 3 is 2.41 bits per heavy atom. The van der Waals surface area contributed by atoms with Crippen molar-refractivity contribution in [2.75, 3.05) is 18.5 Å². The fraction of sp³-hybridized carbons (Fsp3) is 0.500. The van der Waals surface area contributed by atoms with Gasteiger partial charge in [-0.15, -0.1) is 0 Å². The van der Waals surface area contributed by atoms with Crippen LogP contribution in [0.4, 0.5) is 5.69 Å². The van der Waals surface area contributed by atoms with E-state index in [4.69, 9.17) is 10.5 Å². The third-order valence-electron chi connectivity index (χ3n) is 3.14. The lowest BCUT2D eigenvalue weighted by atomic mass is 9.96. The molecule has 6 heteroatoms. The number of carbonyl (C=O) groups is 2. The van der Waals surface area contributed by atoms with Gasteiger partial charge in [-0.2, -0.15) is 0 Å². The van der Waals surface area contributed by atoms with Crippen molar-refractivity contribution < 1.29 is 14.3 Å². The molecule has 122 valence electrons. The minimum atomic E-state index is -0.887. The molecule has 0 radical (unpaired) electrons. The van der Waals surface area contributed by atoms with Gasteiger partial charge in [0, 0.05) is 12.2 Å². The Labute approximate surface area is 131 Å². The van der Waals surface area contributed by atoms with Crippen molar-refractivity contribution in [2.24, 2.45) is 5.73 Å². The van der Waals surface area contributed by atoms with Crippen LogP contribution in [0.5, 0.6) is 5.75 Å². The number of likely N-dealkylation sites (N-methyl/N-ethyl adjacent to an activating group) is 1. The number of ether oxygens (including phenoxy) is 1. The predicted octanol–water partition coefficient (Wildman–Crippen LogP) is 1.66. The summed E-state index contributed by atoms with van der Waals surface area (Å²) in [6.45, 7) is 6.09. The Balaban J connectivity index is 2.54. The summed E-state index contributed by atoms with van der Waals surface area (Å²) < 4.78 is 5.34. The zero-order valence-corrected chi connectivity index (χ0v) is 13.4. The van der Waals surface area contributed by atoms with Crippen LogP contribution in [0.3, 0.4) is 0 Å². The third-order valence-corrected chi connectivity index (χ3v) is 3.14. The number of carbonyl (C=O) groups excluding carboxylic acids is 2. The van der Waals surface area contributed by atoms with Crippen molar-refractivity contribution in [3.8, 4) is 5.75 Å². The molecular formula is C16H25N3O3. The van der Waals surface area contributed by atoms with Crippen molar-refractivity contribution in [1.82, 2.24) is 5.32 Å².